The van der Waals surface area contributed by atoms with E-state index in [1.54, 1.807) is 7.11 Å². The summed E-state index contributed by atoms with van der Waals surface area (Å²) in [5, 5.41) is 7.68. The van der Waals surface area contributed by atoms with Gasteiger partial charge in [-0.2, -0.15) is 4.98 Å². The summed E-state index contributed by atoms with van der Waals surface area (Å²) < 4.78 is 10.7. The third kappa shape index (κ3) is 2.21. The molecule has 5 heteroatoms. The number of aromatic nitrogens is 2. The zero-order chi connectivity index (χ0) is 14.2. The molecule has 1 aliphatic heterocycles. The highest BCUT2D eigenvalue weighted by Gasteiger charge is 2.42. The molecule has 2 aliphatic rings. The van der Waals surface area contributed by atoms with Gasteiger partial charge in [-0.15, -0.1) is 0 Å². The number of nitrogens with one attached hydrogen (secondary N) is 1. The number of hydrogen-bond acceptors (Lipinski definition) is 5. The molecule has 110 valence electrons. The lowest BCUT2D eigenvalue weighted by Crippen LogP contribution is -2.18. The molecule has 0 spiro atoms. The second-order valence-corrected chi connectivity index (χ2v) is 5.93. The maximum Gasteiger partial charge on any atom is 0.244 e. The molecule has 0 radical (unpaired) electrons. The van der Waals surface area contributed by atoms with Gasteiger partial charge in [0.05, 0.1) is 13.2 Å². The number of hydrogen-bond donors (Lipinski definition) is 1. The molecule has 1 aromatic heterocycles. The molecule has 1 aliphatic carbocycles. The van der Waals surface area contributed by atoms with Gasteiger partial charge in [-0.25, -0.2) is 0 Å². The van der Waals surface area contributed by atoms with Gasteiger partial charge in [0, 0.05) is 5.56 Å². The summed E-state index contributed by atoms with van der Waals surface area (Å²) in [4.78, 5) is 4.60. The minimum atomic E-state index is 0.233. The molecule has 1 aromatic carbocycles. The molecule has 1 saturated carbocycles. The van der Waals surface area contributed by atoms with Crippen LogP contribution in [0.4, 0.5) is 0 Å². The highest BCUT2D eigenvalue weighted by Crippen LogP contribution is 2.44. The standard InChI is InChI=1S/C16H19N3O2/c1-20-12-7-5-10(6-8-12)15-18-16(21-19-15)14-13-4-2-3-11(13)9-17-14/h5-8,11,13-14,17H,2-4,9H2,1H3. The first-order valence-corrected chi connectivity index (χ1v) is 7.56. The molecule has 21 heavy (non-hydrogen) atoms. The highest BCUT2D eigenvalue weighted by atomic mass is 16.5. The van der Waals surface area contributed by atoms with Crippen molar-refractivity contribution in [3.05, 3.63) is 30.2 Å². The van der Waals surface area contributed by atoms with Crippen molar-refractivity contribution >= 4 is 0 Å². The summed E-state index contributed by atoms with van der Waals surface area (Å²) in [7, 11) is 1.66. The lowest BCUT2D eigenvalue weighted by Gasteiger charge is -2.13. The first-order valence-electron chi connectivity index (χ1n) is 7.56. The molecule has 1 saturated heterocycles. The van der Waals surface area contributed by atoms with Crippen LogP contribution in [0.3, 0.4) is 0 Å². The Morgan fingerprint density at radius 1 is 1.24 bits per heavy atom. The predicted molar refractivity (Wildman–Crippen MR) is 77.9 cm³/mol. The molecule has 2 heterocycles. The molecule has 1 N–H and O–H groups in total. The number of fused-ring (bicyclic) bond motifs is 1. The van der Waals surface area contributed by atoms with Gasteiger partial charge in [0.1, 0.15) is 5.75 Å². The largest absolute Gasteiger partial charge is 0.497 e. The van der Waals surface area contributed by atoms with Crippen molar-refractivity contribution in [2.45, 2.75) is 25.3 Å². The first-order chi connectivity index (χ1) is 10.3. The lowest BCUT2D eigenvalue weighted by molar-refractivity contribution is 0.302. The van der Waals surface area contributed by atoms with E-state index in [1.165, 1.54) is 19.3 Å². The fourth-order valence-corrected chi connectivity index (χ4v) is 3.68. The van der Waals surface area contributed by atoms with Gasteiger partial charge in [0.25, 0.3) is 0 Å². The molecule has 3 atom stereocenters. The van der Waals surface area contributed by atoms with Gasteiger partial charge in [0.2, 0.25) is 11.7 Å². The van der Waals surface area contributed by atoms with Crippen LogP contribution in [0.2, 0.25) is 0 Å². The van der Waals surface area contributed by atoms with Crippen LogP contribution in [-0.4, -0.2) is 23.8 Å². The minimum absolute atomic E-state index is 0.233. The van der Waals surface area contributed by atoms with E-state index in [0.717, 1.165) is 29.7 Å². The zero-order valence-corrected chi connectivity index (χ0v) is 12.1. The molecule has 0 amide bonds. The second-order valence-electron chi connectivity index (χ2n) is 5.93. The molecule has 3 unspecified atom stereocenters. The fourth-order valence-electron chi connectivity index (χ4n) is 3.68. The Balaban J connectivity index is 1.57. The average Bonchev–Trinajstić information content (AvgIpc) is 3.23. The SMILES string of the molecule is COc1ccc(-c2noc(C3NCC4CCCC43)n2)cc1. The van der Waals surface area contributed by atoms with E-state index in [-0.39, 0.29) is 6.04 Å². The lowest BCUT2D eigenvalue weighted by atomic mass is 9.94. The quantitative estimate of drug-likeness (QED) is 0.939. The van der Waals surface area contributed by atoms with Crippen LogP contribution >= 0.6 is 0 Å². The van der Waals surface area contributed by atoms with E-state index < -0.39 is 0 Å². The van der Waals surface area contributed by atoms with Gasteiger partial charge >= 0.3 is 0 Å². The summed E-state index contributed by atoms with van der Waals surface area (Å²) in [5.74, 6) is 3.65. The van der Waals surface area contributed by atoms with E-state index in [1.807, 2.05) is 24.3 Å². The van der Waals surface area contributed by atoms with Crippen molar-refractivity contribution < 1.29 is 9.26 Å². The molecule has 0 bridgehead atoms. The van der Waals surface area contributed by atoms with Crippen LogP contribution in [0.5, 0.6) is 5.75 Å². The van der Waals surface area contributed by atoms with Crippen LogP contribution in [0.1, 0.15) is 31.2 Å². The van der Waals surface area contributed by atoms with E-state index in [9.17, 15) is 0 Å². The van der Waals surface area contributed by atoms with Gasteiger partial charge in [-0.3, -0.25) is 0 Å². The van der Waals surface area contributed by atoms with Crippen LogP contribution in [0, 0.1) is 11.8 Å². The molecule has 5 nitrogen and oxygen atoms in total. The van der Waals surface area contributed by atoms with Crippen molar-refractivity contribution in [3.8, 4) is 17.1 Å². The van der Waals surface area contributed by atoms with Crippen molar-refractivity contribution in [3.63, 3.8) is 0 Å². The number of methoxy groups -OCH3 is 1. The van der Waals surface area contributed by atoms with Crippen LogP contribution < -0.4 is 10.1 Å². The van der Waals surface area contributed by atoms with Gasteiger partial charge in [-0.05, 0) is 55.5 Å². The van der Waals surface area contributed by atoms with Crippen molar-refractivity contribution in [1.82, 2.24) is 15.5 Å². The van der Waals surface area contributed by atoms with E-state index in [4.69, 9.17) is 9.26 Å². The normalized spacial score (nSPS) is 27.8. The Labute approximate surface area is 123 Å². The summed E-state index contributed by atoms with van der Waals surface area (Å²) in [6.07, 6.45) is 3.92. The molecular formula is C16H19N3O2. The smallest absolute Gasteiger partial charge is 0.244 e. The van der Waals surface area contributed by atoms with Gasteiger partial charge in [-0.1, -0.05) is 11.6 Å². The van der Waals surface area contributed by atoms with Gasteiger partial charge in [0.15, 0.2) is 0 Å². The number of nitrogens with zero attached hydrogens (tertiary/aromatic N) is 2. The molecule has 2 fully saturated rings. The summed E-state index contributed by atoms with van der Waals surface area (Å²) in [6, 6.07) is 7.96. The van der Waals surface area contributed by atoms with Crippen LogP contribution in [-0.2, 0) is 0 Å². The van der Waals surface area contributed by atoms with Crippen molar-refractivity contribution in [2.24, 2.45) is 11.8 Å². The first kappa shape index (κ1) is 12.8. The van der Waals surface area contributed by atoms with E-state index in [0.29, 0.717) is 11.7 Å². The van der Waals surface area contributed by atoms with Crippen LogP contribution in [0.25, 0.3) is 11.4 Å². The minimum Gasteiger partial charge on any atom is -0.497 e. The predicted octanol–water partition coefficient (Wildman–Crippen LogP) is 2.81. The van der Waals surface area contributed by atoms with Crippen LogP contribution in [0.15, 0.2) is 28.8 Å². The Kier molecular flexibility index (Phi) is 3.15. The van der Waals surface area contributed by atoms with Gasteiger partial charge < -0.3 is 14.6 Å². The van der Waals surface area contributed by atoms with Crippen molar-refractivity contribution in [2.75, 3.05) is 13.7 Å². The Morgan fingerprint density at radius 2 is 2.10 bits per heavy atom. The van der Waals surface area contributed by atoms with E-state index >= 15 is 0 Å². The topological polar surface area (TPSA) is 60.2 Å². The second kappa shape index (κ2) is 5.15. The summed E-state index contributed by atoms with van der Waals surface area (Å²) in [6.45, 7) is 1.08. The molecule has 2 aromatic rings. The third-order valence-electron chi connectivity index (χ3n) is 4.80. The Hall–Kier alpha value is -1.88. The monoisotopic (exact) mass is 285 g/mol. The maximum atomic E-state index is 5.51. The zero-order valence-electron chi connectivity index (χ0n) is 12.1. The Morgan fingerprint density at radius 3 is 2.90 bits per heavy atom. The highest BCUT2D eigenvalue weighted by molar-refractivity contribution is 5.55. The summed E-state index contributed by atoms with van der Waals surface area (Å²) in [5.41, 5.74) is 0.951. The molecule has 4 rings (SSSR count). The van der Waals surface area contributed by atoms with E-state index in [2.05, 4.69) is 15.5 Å². The number of benzene rings is 1. The fraction of sp³-hybridized carbons (Fsp3) is 0.500. The Bertz CT molecular complexity index is 623. The summed E-state index contributed by atoms with van der Waals surface area (Å²) >= 11 is 0. The molecular weight excluding hydrogens is 266 g/mol. The van der Waals surface area contributed by atoms with Crippen molar-refractivity contribution in [1.29, 1.82) is 0 Å². The maximum absolute atomic E-state index is 5.51. The number of ether oxygens (including phenoxy) is 1. The number of rotatable bonds is 3. The average molecular weight is 285 g/mol. The third-order valence-corrected chi connectivity index (χ3v) is 4.80.